The summed E-state index contributed by atoms with van der Waals surface area (Å²) in [7, 11) is 0. The van der Waals surface area contributed by atoms with Crippen molar-refractivity contribution < 1.29 is 23.9 Å². The zero-order valence-electron chi connectivity index (χ0n) is 15.4. The third-order valence-electron chi connectivity index (χ3n) is 4.80. The van der Waals surface area contributed by atoms with Crippen LogP contribution < -0.4 is 20.1 Å². The Bertz CT molecular complexity index is 1080. The molecule has 2 aliphatic rings. The van der Waals surface area contributed by atoms with Crippen LogP contribution in [0.3, 0.4) is 0 Å². The van der Waals surface area contributed by atoms with Crippen molar-refractivity contribution in [1.29, 1.82) is 5.26 Å². The maximum Gasteiger partial charge on any atom is 0.325 e. The molecule has 9 nitrogen and oxygen atoms in total. The van der Waals surface area contributed by atoms with Gasteiger partial charge in [-0.2, -0.15) is 5.26 Å². The molecule has 0 unspecified atom stereocenters. The summed E-state index contributed by atoms with van der Waals surface area (Å²) in [6.07, 6.45) is 0. The van der Waals surface area contributed by atoms with E-state index >= 15 is 0 Å². The predicted molar refractivity (Wildman–Crippen MR) is 99.9 cm³/mol. The maximum absolute atomic E-state index is 13.0. The van der Waals surface area contributed by atoms with Crippen molar-refractivity contribution in [3.05, 3.63) is 53.6 Å². The Hall–Kier alpha value is -4.06. The number of rotatable bonds is 4. The number of fused-ring (bicyclic) bond motifs is 1. The van der Waals surface area contributed by atoms with Gasteiger partial charge in [-0.15, -0.1) is 0 Å². The molecule has 0 radical (unpaired) electrons. The summed E-state index contributed by atoms with van der Waals surface area (Å²) in [6, 6.07) is 12.6. The molecule has 4 amide bonds. The van der Waals surface area contributed by atoms with E-state index in [0.29, 0.717) is 28.3 Å². The normalized spacial score (nSPS) is 19.7. The number of anilines is 1. The summed E-state index contributed by atoms with van der Waals surface area (Å²) in [6.45, 7) is 1.20. The first kappa shape index (κ1) is 18.3. The number of nitrogens with one attached hydrogen (secondary N) is 2. The number of ether oxygens (including phenoxy) is 2. The maximum atomic E-state index is 13.0. The molecule has 9 heteroatoms. The van der Waals surface area contributed by atoms with Crippen LogP contribution in [0.4, 0.5) is 10.5 Å². The first-order valence-corrected chi connectivity index (χ1v) is 8.75. The Morgan fingerprint density at radius 2 is 2.03 bits per heavy atom. The minimum absolute atomic E-state index is 0.0924. The predicted octanol–water partition coefficient (Wildman–Crippen LogP) is 1.69. The summed E-state index contributed by atoms with van der Waals surface area (Å²) in [5.41, 5.74) is -0.0310. The Morgan fingerprint density at radius 1 is 1.24 bits per heavy atom. The van der Waals surface area contributed by atoms with Crippen LogP contribution in [0.15, 0.2) is 42.5 Å². The number of nitrogens with zero attached hydrogens (tertiary/aromatic N) is 2. The van der Waals surface area contributed by atoms with Gasteiger partial charge in [0.15, 0.2) is 11.5 Å². The second-order valence-corrected chi connectivity index (χ2v) is 6.76. The minimum atomic E-state index is -1.33. The van der Waals surface area contributed by atoms with Gasteiger partial charge in [-0.25, -0.2) is 4.79 Å². The van der Waals surface area contributed by atoms with E-state index < -0.39 is 29.9 Å². The van der Waals surface area contributed by atoms with Gasteiger partial charge in [0, 0.05) is 5.69 Å². The Morgan fingerprint density at radius 3 is 2.83 bits per heavy atom. The molecule has 4 rings (SSSR count). The molecule has 2 aliphatic heterocycles. The van der Waals surface area contributed by atoms with Crippen LogP contribution in [-0.4, -0.2) is 36.1 Å². The Labute approximate surface area is 165 Å². The number of carbonyl (C=O) groups excluding carboxylic acids is 3. The fraction of sp³-hybridized carbons (Fsp3) is 0.200. The van der Waals surface area contributed by atoms with Crippen molar-refractivity contribution in [1.82, 2.24) is 10.2 Å². The highest BCUT2D eigenvalue weighted by molar-refractivity contribution is 6.10. The van der Waals surface area contributed by atoms with Crippen molar-refractivity contribution in [2.45, 2.75) is 12.5 Å². The lowest BCUT2D eigenvalue weighted by Crippen LogP contribution is -2.42. The monoisotopic (exact) mass is 392 g/mol. The lowest BCUT2D eigenvalue weighted by molar-refractivity contribution is -0.133. The zero-order chi connectivity index (χ0) is 20.6. The van der Waals surface area contributed by atoms with Gasteiger partial charge < -0.3 is 20.1 Å². The summed E-state index contributed by atoms with van der Waals surface area (Å²) < 4.78 is 10.6. The van der Waals surface area contributed by atoms with Crippen molar-refractivity contribution in [3.8, 4) is 17.6 Å². The molecule has 2 aromatic carbocycles. The molecule has 0 saturated carbocycles. The second kappa shape index (κ2) is 6.83. The van der Waals surface area contributed by atoms with Crippen LogP contribution in [-0.2, 0) is 15.1 Å². The molecule has 0 aliphatic carbocycles. The highest BCUT2D eigenvalue weighted by atomic mass is 16.7. The van der Waals surface area contributed by atoms with Crippen LogP contribution in [0.1, 0.15) is 18.1 Å². The number of imide groups is 1. The molecule has 2 N–H and O–H groups in total. The molecule has 2 heterocycles. The van der Waals surface area contributed by atoms with E-state index in [2.05, 4.69) is 10.6 Å². The fourth-order valence-electron chi connectivity index (χ4n) is 3.25. The number of hydrogen-bond acceptors (Lipinski definition) is 6. The Balaban J connectivity index is 1.50. The molecule has 1 fully saturated rings. The summed E-state index contributed by atoms with van der Waals surface area (Å²) in [5.74, 6) is -0.0647. The molecule has 0 bridgehead atoms. The molecule has 0 spiro atoms. The van der Waals surface area contributed by atoms with Crippen LogP contribution >= 0.6 is 0 Å². The number of benzene rings is 2. The number of amides is 4. The van der Waals surface area contributed by atoms with E-state index in [1.165, 1.54) is 6.07 Å². The number of carbonyl (C=O) groups is 3. The molecule has 1 saturated heterocycles. The smallest absolute Gasteiger partial charge is 0.325 e. The average Bonchev–Trinajstić information content (AvgIpc) is 3.26. The van der Waals surface area contributed by atoms with E-state index in [0.717, 1.165) is 4.90 Å². The number of nitriles is 1. The van der Waals surface area contributed by atoms with E-state index in [4.69, 9.17) is 14.7 Å². The fourth-order valence-corrected chi connectivity index (χ4v) is 3.25. The van der Waals surface area contributed by atoms with Gasteiger partial charge in [0.25, 0.3) is 5.91 Å². The topological polar surface area (TPSA) is 121 Å². The van der Waals surface area contributed by atoms with Gasteiger partial charge in [-0.1, -0.05) is 12.1 Å². The van der Waals surface area contributed by atoms with Crippen LogP contribution in [0.2, 0.25) is 0 Å². The Kier molecular flexibility index (Phi) is 4.31. The van der Waals surface area contributed by atoms with Gasteiger partial charge in [-0.3, -0.25) is 14.5 Å². The first-order valence-electron chi connectivity index (χ1n) is 8.75. The van der Waals surface area contributed by atoms with E-state index in [9.17, 15) is 14.4 Å². The largest absolute Gasteiger partial charge is 0.454 e. The van der Waals surface area contributed by atoms with E-state index in [1.807, 2.05) is 6.07 Å². The van der Waals surface area contributed by atoms with Crippen LogP contribution in [0.5, 0.6) is 11.5 Å². The lowest BCUT2D eigenvalue weighted by Gasteiger charge is -2.22. The van der Waals surface area contributed by atoms with Crippen LogP contribution in [0.25, 0.3) is 0 Å². The lowest BCUT2D eigenvalue weighted by atomic mass is 9.91. The zero-order valence-corrected chi connectivity index (χ0v) is 15.4. The highest BCUT2D eigenvalue weighted by Crippen LogP contribution is 2.37. The molecule has 2 aromatic rings. The molecule has 146 valence electrons. The van der Waals surface area contributed by atoms with Crippen molar-refractivity contribution in [3.63, 3.8) is 0 Å². The quantitative estimate of drug-likeness (QED) is 0.764. The van der Waals surface area contributed by atoms with Gasteiger partial charge in [-0.05, 0) is 42.8 Å². The molecule has 0 aromatic heterocycles. The first-order chi connectivity index (χ1) is 13.9. The van der Waals surface area contributed by atoms with Crippen molar-refractivity contribution >= 4 is 23.5 Å². The average molecular weight is 392 g/mol. The molecular weight excluding hydrogens is 376 g/mol. The van der Waals surface area contributed by atoms with Crippen LogP contribution in [0, 0.1) is 11.3 Å². The summed E-state index contributed by atoms with van der Waals surface area (Å²) in [4.78, 5) is 38.6. The number of urea groups is 1. The third-order valence-corrected chi connectivity index (χ3v) is 4.80. The van der Waals surface area contributed by atoms with Gasteiger partial charge >= 0.3 is 6.03 Å². The van der Waals surface area contributed by atoms with Gasteiger partial charge in [0.05, 0.1) is 11.6 Å². The second-order valence-electron chi connectivity index (χ2n) is 6.76. The van der Waals surface area contributed by atoms with Crippen molar-refractivity contribution in [2.24, 2.45) is 0 Å². The highest BCUT2D eigenvalue weighted by Gasteiger charge is 2.49. The summed E-state index contributed by atoms with van der Waals surface area (Å²) >= 11 is 0. The van der Waals surface area contributed by atoms with E-state index in [-0.39, 0.29) is 6.79 Å². The van der Waals surface area contributed by atoms with Gasteiger partial charge in [0.2, 0.25) is 12.7 Å². The van der Waals surface area contributed by atoms with E-state index in [1.54, 1.807) is 43.3 Å². The molecular formula is C20H16N4O5. The molecule has 1 atom stereocenters. The number of hydrogen-bond donors (Lipinski definition) is 2. The third kappa shape index (κ3) is 3.21. The minimum Gasteiger partial charge on any atom is -0.454 e. The van der Waals surface area contributed by atoms with Crippen molar-refractivity contribution in [2.75, 3.05) is 18.7 Å². The van der Waals surface area contributed by atoms with Gasteiger partial charge in [0.1, 0.15) is 12.1 Å². The molecule has 29 heavy (non-hydrogen) atoms. The summed E-state index contributed by atoms with van der Waals surface area (Å²) in [5, 5.41) is 14.2. The standard InChI is InChI=1S/C20H16N4O5/c1-20(13-5-6-15-16(8-13)29-11-28-15)18(26)24(19(27)23-20)10-17(25)22-14-4-2-3-12(7-14)9-21/h2-8H,10-11H2,1H3,(H,22,25)(H,23,27)/t20-/m1/s1. The SMILES string of the molecule is C[C@]1(c2ccc3c(c2)OCO3)NC(=O)N(CC(=O)Nc2cccc(C#N)c2)C1=O.